The molecule has 0 N–H and O–H groups in total. The maximum absolute atomic E-state index is 13.0. The highest BCUT2D eigenvalue weighted by molar-refractivity contribution is 5.97. The Labute approximate surface area is 147 Å². The third kappa shape index (κ3) is 3.74. The number of nitrogens with zero attached hydrogens (tertiary/aromatic N) is 1. The van der Waals surface area contributed by atoms with E-state index in [1.165, 1.54) is 25.3 Å². The fourth-order valence-electron chi connectivity index (χ4n) is 2.99. The van der Waals surface area contributed by atoms with Gasteiger partial charge in [-0.2, -0.15) is 13.2 Å². The molecule has 1 aromatic heterocycles. The Morgan fingerprint density at radius 3 is 2.62 bits per heavy atom. The Morgan fingerprint density at radius 2 is 1.96 bits per heavy atom. The fraction of sp³-hybridized carbons (Fsp3) is 0.333. The molecule has 26 heavy (non-hydrogen) atoms. The molecule has 3 rings (SSSR count). The smallest absolute Gasteiger partial charge is 0.406 e. The van der Waals surface area contributed by atoms with Crippen LogP contribution in [0, 0.1) is 0 Å². The van der Waals surface area contributed by atoms with Crippen LogP contribution in [-0.2, 0) is 22.5 Å². The topological polar surface area (TPSA) is 59.8 Å². The van der Waals surface area contributed by atoms with Crippen LogP contribution in [0.3, 0.4) is 0 Å². The average Bonchev–Trinajstić information content (AvgIpc) is 3.05. The summed E-state index contributed by atoms with van der Waals surface area (Å²) < 4.78 is 49.2. The van der Waals surface area contributed by atoms with Crippen LogP contribution in [0.5, 0.6) is 0 Å². The molecule has 138 valence electrons. The highest BCUT2D eigenvalue weighted by atomic mass is 19.4. The van der Waals surface area contributed by atoms with Crippen molar-refractivity contribution in [3.05, 3.63) is 59.5 Å². The normalized spacial score (nSPS) is 19.6. The van der Waals surface area contributed by atoms with E-state index in [-0.39, 0.29) is 18.7 Å². The summed E-state index contributed by atoms with van der Waals surface area (Å²) in [5.74, 6) is -1.45. The Bertz CT molecular complexity index is 816. The van der Waals surface area contributed by atoms with Crippen LogP contribution in [0.25, 0.3) is 0 Å². The van der Waals surface area contributed by atoms with Crippen LogP contribution in [0.4, 0.5) is 13.2 Å². The SMILES string of the molecule is CC1(C(=O)N(Cc2ccco2)CC(F)(F)F)Cc2ccccc2C(=O)O1. The zero-order valence-electron chi connectivity index (χ0n) is 13.9. The lowest BCUT2D eigenvalue weighted by Crippen LogP contribution is -2.54. The van der Waals surface area contributed by atoms with Crippen molar-refractivity contribution in [1.82, 2.24) is 4.90 Å². The van der Waals surface area contributed by atoms with Gasteiger partial charge in [-0.3, -0.25) is 4.79 Å². The molecule has 0 saturated carbocycles. The number of hydrogen-bond donors (Lipinski definition) is 0. The van der Waals surface area contributed by atoms with Crippen molar-refractivity contribution >= 4 is 11.9 Å². The van der Waals surface area contributed by atoms with E-state index in [1.807, 2.05) is 0 Å². The molecular weight excluding hydrogens is 351 g/mol. The third-order valence-electron chi connectivity index (χ3n) is 4.12. The van der Waals surface area contributed by atoms with E-state index in [4.69, 9.17) is 9.15 Å². The van der Waals surface area contributed by atoms with Gasteiger partial charge in [0.15, 0.2) is 5.60 Å². The quantitative estimate of drug-likeness (QED) is 0.778. The van der Waals surface area contributed by atoms with Crippen molar-refractivity contribution < 1.29 is 31.9 Å². The minimum Gasteiger partial charge on any atom is -0.467 e. The minimum atomic E-state index is -4.60. The van der Waals surface area contributed by atoms with Crippen molar-refractivity contribution in [2.24, 2.45) is 0 Å². The van der Waals surface area contributed by atoms with Gasteiger partial charge >= 0.3 is 12.1 Å². The molecule has 0 fully saturated rings. The van der Waals surface area contributed by atoms with Gasteiger partial charge in [0.1, 0.15) is 12.3 Å². The second kappa shape index (κ2) is 6.51. The maximum atomic E-state index is 13.0. The van der Waals surface area contributed by atoms with E-state index in [9.17, 15) is 22.8 Å². The third-order valence-corrected chi connectivity index (χ3v) is 4.12. The molecule has 0 radical (unpaired) electrons. The number of carbonyl (C=O) groups excluding carboxylic acids is 2. The number of halogens is 3. The van der Waals surface area contributed by atoms with Crippen LogP contribution in [0.1, 0.15) is 28.6 Å². The molecule has 1 aliphatic heterocycles. The number of furan rings is 1. The number of alkyl halides is 3. The summed E-state index contributed by atoms with van der Waals surface area (Å²) in [5.41, 5.74) is -0.848. The van der Waals surface area contributed by atoms with Gasteiger partial charge in [-0.1, -0.05) is 18.2 Å². The van der Waals surface area contributed by atoms with E-state index < -0.39 is 30.2 Å². The van der Waals surface area contributed by atoms with Crippen LogP contribution >= 0.6 is 0 Å². The Kier molecular flexibility index (Phi) is 4.52. The number of carbonyl (C=O) groups is 2. The maximum Gasteiger partial charge on any atom is 0.406 e. The van der Waals surface area contributed by atoms with Gasteiger partial charge in [0, 0.05) is 6.42 Å². The molecule has 0 bridgehead atoms. The molecular formula is C18H16F3NO4. The molecule has 1 unspecified atom stereocenters. The van der Waals surface area contributed by atoms with Crippen LogP contribution in [0.15, 0.2) is 47.1 Å². The molecule has 8 heteroatoms. The lowest BCUT2D eigenvalue weighted by atomic mass is 9.89. The Hall–Kier alpha value is -2.77. The average molecular weight is 367 g/mol. The molecule has 0 saturated heterocycles. The zero-order valence-corrected chi connectivity index (χ0v) is 13.9. The summed E-state index contributed by atoms with van der Waals surface area (Å²) in [6.45, 7) is -0.518. The van der Waals surface area contributed by atoms with Crippen molar-refractivity contribution in [2.75, 3.05) is 6.54 Å². The number of hydrogen-bond acceptors (Lipinski definition) is 4. The first-order valence-corrected chi connectivity index (χ1v) is 7.88. The molecule has 2 heterocycles. The summed E-state index contributed by atoms with van der Waals surface area (Å²) in [5, 5.41) is 0. The minimum absolute atomic E-state index is 0.000257. The van der Waals surface area contributed by atoms with Crippen molar-refractivity contribution in [1.29, 1.82) is 0 Å². The van der Waals surface area contributed by atoms with E-state index in [0.29, 0.717) is 16.0 Å². The number of benzene rings is 1. The van der Waals surface area contributed by atoms with Crippen LogP contribution in [0.2, 0.25) is 0 Å². The van der Waals surface area contributed by atoms with Gasteiger partial charge in [0.25, 0.3) is 5.91 Å². The summed E-state index contributed by atoms with van der Waals surface area (Å²) in [6, 6.07) is 9.54. The lowest BCUT2D eigenvalue weighted by molar-refractivity contribution is -0.174. The Morgan fingerprint density at radius 1 is 1.23 bits per heavy atom. The number of esters is 1. The van der Waals surface area contributed by atoms with Crippen molar-refractivity contribution in [2.45, 2.75) is 31.7 Å². The molecule has 1 aliphatic rings. The van der Waals surface area contributed by atoms with E-state index >= 15 is 0 Å². The first-order chi connectivity index (χ1) is 12.2. The predicted molar refractivity (Wildman–Crippen MR) is 84.1 cm³/mol. The second-order valence-electron chi connectivity index (χ2n) is 6.31. The first kappa shape index (κ1) is 18.0. The molecule has 1 atom stereocenters. The number of rotatable bonds is 4. The van der Waals surface area contributed by atoms with E-state index in [1.54, 1.807) is 24.3 Å². The van der Waals surface area contributed by atoms with E-state index in [2.05, 4.69) is 0 Å². The van der Waals surface area contributed by atoms with Crippen LogP contribution in [-0.4, -0.2) is 35.1 Å². The van der Waals surface area contributed by atoms with E-state index in [0.717, 1.165) is 0 Å². The van der Waals surface area contributed by atoms with Gasteiger partial charge in [-0.05, 0) is 30.7 Å². The Balaban J connectivity index is 1.89. The molecule has 0 spiro atoms. The van der Waals surface area contributed by atoms with Gasteiger partial charge in [-0.25, -0.2) is 4.79 Å². The van der Waals surface area contributed by atoms with Gasteiger partial charge < -0.3 is 14.1 Å². The number of amides is 1. The first-order valence-electron chi connectivity index (χ1n) is 7.88. The van der Waals surface area contributed by atoms with Crippen molar-refractivity contribution in [3.63, 3.8) is 0 Å². The molecule has 0 aliphatic carbocycles. The highest BCUT2D eigenvalue weighted by Crippen LogP contribution is 2.31. The number of fused-ring (bicyclic) bond motifs is 1. The standard InChI is InChI=1S/C18H16F3NO4/c1-17(9-12-5-2-3-7-14(12)15(23)26-17)16(24)22(11-18(19,20)21)10-13-6-4-8-25-13/h2-8H,9-11H2,1H3. The lowest BCUT2D eigenvalue weighted by Gasteiger charge is -2.37. The summed E-state index contributed by atoms with van der Waals surface area (Å²) in [4.78, 5) is 25.7. The largest absolute Gasteiger partial charge is 0.467 e. The zero-order chi connectivity index (χ0) is 18.9. The predicted octanol–water partition coefficient (Wildman–Crippen LogP) is 3.34. The van der Waals surface area contributed by atoms with Gasteiger partial charge in [0.2, 0.25) is 0 Å². The van der Waals surface area contributed by atoms with Gasteiger partial charge in [-0.15, -0.1) is 0 Å². The summed E-state index contributed by atoms with van der Waals surface area (Å²) >= 11 is 0. The monoisotopic (exact) mass is 367 g/mol. The summed E-state index contributed by atoms with van der Waals surface area (Å²) in [6.07, 6.45) is -3.29. The number of ether oxygens (including phenoxy) is 1. The van der Waals surface area contributed by atoms with Gasteiger partial charge in [0.05, 0.1) is 18.4 Å². The number of cyclic esters (lactones) is 1. The fourth-order valence-corrected chi connectivity index (χ4v) is 2.99. The molecule has 1 aromatic carbocycles. The second-order valence-corrected chi connectivity index (χ2v) is 6.31. The highest BCUT2D eigenvalue weighted by Gasteiger charge is 2.47. The molecule has 2 aromatic rings. The van der Waals surface area contributed by atoms with Crippen LogP contribution < -0.4 is 0 Å². The summed E-state index contributed by atoms with van der Waals surface area (Å²) in [7, 11) is 0. The molecule has 1 amide bonds. The molecule has 5 nitrogen and oxygen atoms in total. The van der Waals surface area contributed by atoms with Crippen molar-refractivity contribution in [3.8, 4) is 0 Å².